The van der Waals surface area contributed by atoms with Gasteiger partial charge in [0.15, 0.2) is 0 Å². The number of anilines is 1. The van der Waals surface area contributed by atoms with E-state index in [0.717, 1.165) is 11.8 Å². The molecule has 0 aliphatic carbocycles. The second-order valence-corrected chi connectivity index (χ2v) is 4.43. The van der Waals surface area contributed by atoms with E-state index in [1.54, 1.807) is 18.2 Å². The van der Waals surface area contributed by atoms with Gasteiger partial charge in [-0.05, 0) is 30.7 Å². The summed E-state index contributed by atoms with van der Waals surface area (Å²) in [6.07, 6.45) is 2.63. The van der Waals surface area contributed by atoms with Gasteiger partial charge >= 0.3 is 5.97 Å². The van der Waals surface area contributed by atoms with Gasteiger partial charge in [0.05, 0.1) is 5.56 Å². The third-order valence-corrected chi connectivity index (χ3v) is 2.93. The Labute approximate surface area is 122 Å². The number of hydrogen-bond acceptors (Lipinski definition) is 4. The number of hydrogen-bond donors (Lipinski definition) is 3. The molecule has 0 fully saturated rings. The lowest BCUT2D eigenvalue weighted by molar-refractivity contribution is 0.0697. The molecular formula is C16H13N3O2. The maximum Gasteiger partial charge on any atom is 0.335 e. The lowest BCUT2D eigenvalue weighted by Gasteiger charge is -2.00. The van der Waals surface area contributed by atoms with Gasteiger partial charge < -0.3 is 16.2 Å². The van der Waals surface area contributed by atoms with Crippen LogP contribution in [0.5, 0.6) is 0 Å². The van der Waals surface area contributed by atoms with Crippen LogP contribution in [0.25, 0.3) is 0 Å². The van der Waals surface area contributed by atoms with E-state index in [-0.39, 0.29) is 11.4 Å². The SMILES string of the molecule is Cc1ccc(C(=O)O)cc1C#Cc1cnc(N)c(C=N)c1. The third-order valence-electron chi connectivity index (χ3n) is 2.93. The van der Waals surface area contributed by atoms with E-state index in [1.165, 1.54) is 12.3 Å². The smallest absolute Gasteiger partial charge is 0.335 e. The fraction of sp³-hybridized carbons (Fsp3) is 0.0625. The highest BCUT2D eigenvalue weighted by Gasteiger charge is 2.04. The molecule has 0 aliphatic rings. The van der Waals surface area contributed by atoms with Crippen molar-refractivity contribution < 1.29 is 9.90 Å². The first-order valence-corrected chi connectivity index (χ1v) is 6.13. The quantitative estimate of drug-likeness (QED) is 0.578. The number of nitrogen functional groups attached to an aromatic ring is 1. The second kappa shape index (κ2) is 5.88. The molecule has 2 aromatic rings. The molecule has 0 amide bonds. The van der Waals surface area contributed by atoms with Crippen molar-refractivity contribution in [1.82, 2.24) is 4.98 Å². The maximum atomic E-state index is 11.0. The Morgan fingerprint density at radius 2 is 2.14 bits per heavy atom. The van der Waals surface area contributed by atoms with Gasteiger partial charge in [0.2, 0.25) is 0 Å². The number of carbonyl (C=O) groups is 1. The summed E-state index contributed by atoms with van der Waals surface area (Å²) in [5, 5.41) is 16.2. The van der Waals surface area contributed by atoms with Crippen LogP contribution in [0.2, 0.25) is 0 Å². The molecule has 5 heteroatoms. The summed E-state index contributed by atoms with van der Waals surface area (Å²) in [6, 6.07) is 6.46. The Morgan fingerprint density at radius 1 is 1.38 bits per heavy atom. The molecule has 1 aromatic carbocycles. The number of aromatic nitrogens is 1. The predicted octanol–water partition coefficient (Wildman–Crippen LogP) is 2.07. The minimum absolute atomic E-state index is 0.195. The first-order valence-electron chi connectivity index (χ1n) is 6.13. The summed E-state index contributed by atoms with van der Waals surface area (Å²) in [7, 11) is 0. The molecule has 0 saturated carbocycles. The third kappa shape index (κ3) is 3.25. The van der Waals surface area contributed by atoms with Gasteiger partial charge in [-0.25, -0.2) is 9.78 Å². The lowest BCUT2D eigenvalue weighted by atomic mass is 10.0. The van der Waals surface area contributed by atoms with Crippen molar-refractivity contribution in [3.05, 3.63) is 58.3 Å². The van der Waals surface area contributed by atoms with E-state index in [0.29, 0.717) is 16.7 Å². The van der Waals surface area contributed by atoms with Crippen LogP contribution in [0.4, 0.5) is 5.82 Å². The van der Waals surface area contributed by atoms with Gasteiger partial charge in [0.1, 0.15) is 5.82 Å². The van der Waals surface area contributed by atoms with E-state index < -0.39 is 5.97 Å². The van der Waals surface area contributed by atoms with Gasteiger partial charge in [-0.1, -0.05) is 17.9 Å². The van der Waals surface area contributed by atoms with Crippen LogP contribution in [-0.4, -0.2) is 22.3 Å². The standard InChI is InChI=1S/C16H13N3O2/c1-10-2-4-13(16(20)21)7-12(10)5-3-11-6-14(8-17)15(18)19-9-11/h2,4,6-9,17H,1H3,(H2,18,19)(H,20,21). The Morgan fingerprint density at radius 3 is 2.81 bits per heavy atom. The number of aromatic carboxylic acids is 1. The molecule has 1 heterocycles. The van der Waals surface area contributed by atoms with Crippen molar-refractivity contribution in [2.24, 2.45) is 0 Å². The van der Waals surface area contributed by atoms with E-state index in [9.17, 15) is 4.79 Å². The molecule has 2 rings (SSSR count). The van der Waals surface area contributed by atoms with Crippen LogP contribution >= 0.6 is 0 Å². The Bertz CT molecular complexity index is 786. The first-order chi connectivity index (χ1) is 10.0. The number of rotatable bonds is 2. The number of nitrogens with one attached hydrogen (secondary N) is 1. The zero-order chi connectivity index (χ0) is 15.4. The first kappa shape index (κ1) is 14.3. The highest BCUT2D eigenvalue weighted by atomic mass is 16.4. The van der Waals surface area contributed by atoms with Gasteiger partial charge in [-0.3, -0.25) is 0 Å². The fourth-order valence-electron chi connectivity index (χ4n) is 1.71. The van der Waals surface area contributed by atoms with Crippen LogP contribution < -0.4 is 5.73 Å². The highest BCUT2D eigenvalue weighted by Crippen LogP contribution is 2.11. The molecule has 0 radical (unpaired) electrons. The lowest BCUT2D eigenvalue weighted by Crippen LogP contribution is -1.98. The van der Waals surface area contributed by atoms with Crippen LogP contribution in [0.1, 0.15) is 32.6 Å². The number of carboxylic acids is 1. The van der Waals surface area contributed by atoms with Gasteiger partial charge in [0.25, 0.3) is 0 Å². The van der Waals surface area contributed by atoms with Crippen LogP contribution in [-0.2, 0) is 0 Å². The molecule has 0 unspecified atom stereocenters. The fourth-order valence-corrected chi connectivity index (χ4v) is 1.71. The minimum atomic E-state index is -0.988. The molecule has 0 bridgehead atoms. The summed E-state index contributed by atoms with van der Waals surface area (Å²) in [5.74, 6) is 5.12. The van der Waals surface area contributed by atoms with Crippen LogP contribution in [0.15, 0.2) is 30.5 Å². The van der Waals surface area contributed by atoms with E-state index >= 15 is 0 Å². The zero-order valence-electron chi connectivity index (χ0n) is 11.3. The summed E-state index contributed by atoms with van der Waals surface area (Å²) < 4.78 is 0. The monoisotopic (exact) mass is 279 g/mol. The molecule has 21 heavy (non-hydrogen) atoms. The van der Waals surface area contributed by atoms with Crippen molar-refractivity contribution in [2.75, 3.05) is 5.73 Å². The molecule has 5 nitrogen and oxygen atoms in total. The summed E-state index contributed by atoms with van der Waals surface area (Å²) in [5.41, 5.74) is 8.45. The van der Waals surface area contributed by atoms with Crippen molar-refractivity contribution >= 4 is 18.0 Å². The van der Waals surface area contributed by atoms with E-state index in [1.807, 2.05) is 6.92 Å². The molecule has 4 N–H and O–H groups in total. The topological polar surface area (TPSA) is 100 Å². The van der Waals surface area contributed by atoms with Crippen LogP contribution in [0, 0.1) is 24.2 Å². The summed E-state index contributed by atoms with van der Waals surface area (Å²) >= 11 is 0. The molecule has 0 saturated heterocycles. The number of nitrogens with zero attached hydrogens (tertiary/aromatic N) is 1. The number of nitrogens with two attached hydrogens (primary N) is 1. The van der Waals surface area contributed by atoms with E-state index in [2.05, 4.69) is 16.8 Å². The number of pyridine rings is 1. The second-order valence-electron chi connectivity index (χ2n) is 4.43. The van der Waals surface area contributed by atoms with Crippen LogP contribution in [0.3, 0.4) is 0 Å². The summed E-state index contributed by atoms with van der Waals surface area (Å²) in [4.78, 5) is 14.9. The molecule has 0 atom stereocenters. The van der Waals surface area contributed by atoms with Gasteiger partial charge in [0, 0.05) is 29.1 Å². The van der Waals surface area contributed by atoms with E-state index in [4.69, 9.17) is 16.2 Å². The van der Waals surface area contributed by atoms with Gasteiger partial charge in [-0.2, -0.15) is 0 Å². The molecular weight excluding hydrogens is 266 g/mol. The average Bonchev–Trinajstić information content (AvgIpc) is 2.47. The molecule has 104 valence electrons. The zero-order valence-corrected chi connectivity index (χ0v) is 11.3. The Kier molecular flexibility index (Phi) is 4.00. The number of carboxylic acid groups (broad SMARTS) is 1. The predicted molar refractivity (Wildman–Crippen MR) is 80.7 cm³/mol. The summed E-state index contributed by atoms with van der Waals surface area (Å²) in [6.45, 7) is 1.86. The molecule has 1 aromatic heterocycles. The Balaban J connectivity index is 2.41. The van der Waals surface area contributed by atoms with Crippen molar-refractivity contribution in [2.45, 2.75) is 6.92 Å². The largest absolute Gasteiger partial charge is 0.478 e. The highest BCUT2D eigenvalue weighted by molar-refractivity contribution is 5.88. The Hall–Kier alpha value is -3.13. The molecule has 0 spiro atoms. The average molecular weight is 279 g/mol. The van der Waals surface area contributed by atoms with Crippen molar-refractivity contribution in [1.29, 1.82) is 5.41 Å². The minimum Gasteiger partial charge on any atom is -0.478 e. The number of benzene rings is 1. The number of aryl methyl sites for hydroxylation is 1. The molecule has 0 aliphatic heterocycles. The van der Waals surface area contributed by atoms with Crippen molar-refractivity contribution in [3.63, 3.8) is 0 Å². The van der Waals surface area contributed by atoms with Gasteiger partial charge in [-0.15, -0.1) is 0 Å². The van der Waals surface area contributed by atoms with Crippen molar-refractivity contribution in [3.8, 4) is 11.8 Å². The normalized spacial score (nSPS) is 9.57. The maximum absolute atomic E-state index is 11.0.